The lowest BCUT2D eigenvalue weighted by Gasteiger charge is -2.32. The summed E-state index contributed by atoms with van der Waals surface area (Å²) in [6.07, 6.45) is 7.45. The molecular formula is C26H25N3. The predicted octanol–water partition coefficient (Wildman–Crippen LogP) is 5.69. The molecule has 2 aromatic heterocycles. The Balaban J connectivity index is 1.61. The van der Waals surface area contributed by atoms with Crippen LogP contribution in [0.3, 0.4) is 0 Å². The Hall–Kier alpha value is -2.91. The number of hydrogen-bond acceptors (Lipinski definition) is 2. The summed E-state index contributed by atoms with van der Waals surface area (Å²) in [7, 11) is 2.31. The number of benzene rings is 2. The third-order valence-corrected chi connectivity index (χ3v) is 6.99. The summed E-state index contributed by atoms with van der Waals surface area (Å²) >= 11 is 0. The smallest absolute Gasteiger partial charge is 0.0535 e. The molecule has 0 saturated carbocycles. The Morgan fingerprint density at radius 2 is 1.79 bits per heavy atom. The zero-order valence-corrected chi connectivity index (χ0v) is 17.0. The maximum atomic E-state index is 4.17. The van der Waals surface area contributed by atoms with E-state index in [9.17, 15) is 0 Å². The number of nitrogens with zero attached hydrogens (tertiary/aromatic N) is 3. The number of fused-ring (bicyclic) bond motifs is 6. The summed E-state index contributed by atoms with van der Waals surface area (Å²) in [6, 6.07) is 21.3. The number of aromatic nitrogens is 2. The molecule has 2 aliphatic heterocycles. The third-order valence-electron chi connectivity index (χ3n) is 6.99. The topological polar surface area (TPSA) is 21.1 Å². The van der Waals surface area contributed by atoms with Crippen LogP contribution in [0.2, 0.25) is 0 Å². The van der Waals surface area contributed by atoms with E-state index in [0.29, 0.717) is 12.1 Å². The second-order valence-electron chi connectivity index (χ2n) is 8.62. The molecule has 3 nitrogen and oxygen atoms in total. The van der Waals surface area contributed by atoms with Crippen molar-refractivity contribution < 1.29 is 0 Å². The molecule has 144 valence electrons. The molecule has 6 rings (SSSR count). The summed E-state index contributed by atoms with van der Waals surface area (Å²) in [5, 5.41) is 1.44. The molecule has 0 radical (unpaired) electrons. The van der Waals surface area contributed by atoms with Crippen LogP contribution in [0.4, 0.5) is 0 Å². The number of likely N-dealkylation sites (N-methyl/N-ethyl adjacent to an activating group) is 1. The van der Waals surface area contributed by atoms with Crippen LogP contribution in [0, 0.1) is 6.92 Å². The lowest BCUT2D eigenvalue weighted by atomic mass is 9.97. The first kappa shape index (κ1) is 17.0. The summed E-state index contributed by atoms with van der Waals surface area (Å²) in [6.45, 7) is 2.21. The van der Waals surface area contributed by atoms with E-state index in [-0.39, 0.29) is 0 Å². The SMILES string of the molecule is Cc1ccc2c(c1)c1c(n2-c2cccc(-c3ccncc3)c2)CC2CCC1N2C. The number of aryl methyl sites for hydroxylation is 1. The molecule has 3 heteroatoms. The normalized spacial score (nSPS) is 20.9. The van der Waals surface area contributed by atoms with Gasteiger partial charge in [0.25, 0.3) is 0 Å². The molecule has 1 saturated heterocycles. The van der Waals surface area contributed by atoms with Gasteiger partial charge in [-0.2, -0.15) is 0 Å². The van der Waals surface area contributed by atoms with Crippen molar-refractivity contribution >= 4 is 10.9 Å². The minimum absolute atomic E-state index is 0.553. The van der Waals surface area contributed by atoms with Crippen molar-refractivity contribution in [3.63, 3.8) is 0 Å². The monoisotopic (exact) mass is 379 g/mol. The summed E-state index contributed by atoms with van der Waals surface area (Å²) < 4.78 is 2.53. The first-order valence-corrected chi connectivity index (χ1v) is 10.6. The molecule has 2 aromatic carbocycles. The van der Waals surface area contributed by atoms with Gasteiger partial charge < -0.3 is 4.57 Å². The van der Waals surface area contributed by atoms with Gasteiger partial charge in [-0.25, -0.2) is 0 Å². The van der Waals surface area contributed by atoms with E-state index < -0.39 is 0 Å². The minimum atomic E-state index is 0.553. The van der Waals surface area contributed by atoms with Gasteiger partial charge in [0.1, 0.15) is 0 Å². The third kappa shape index (κ3) is 2.50. The fraction of sp³-hybridized carbons (Fsp3) is 0.269. The first-order valence-electron chi connectivity index (χ1n) is 10.6. The largest absolute Gasteiger partial charge is 0.313 e. The van der Waals surface area contributed by atoms with Gasteiger partial charge in [-0.15, -0.1) is 0 Å². The Kier molecular flexibility index (Phi) is 3.69. The van der Waals surface area contributed by atoms with Crippen LogP contribution in [0.15, 0.2) is 67.0 Å². The van der Waals surface area contributed by atoms with Gasteiger partial charge in [-0.1, -0.05) is 23.8 Å². The second kappa shape index (κ2) is 6.30. The van der Waals surface area contributed by atoms with Gasteiger partial charge in [-0.3, -0.25) is 9.88 Å². The fourth-order valence-corrected chi connectivity index (χ4v) is 5.55. The standard InChI is InChI=1S/C26H25N3/c1-17-6-8-23-22(14-17)26-24-9-7-20(28(24)2)16-25(26)29(23)21-5-3-4-19(15-21)18-10-12-27-13-11-18/h3-6,8,10-15,20,24H,7,9,16H2,1-2H3. The second-order valence-corrected chi connectivity index (χ2v) is 8.62. The molecule has 4 heterocycles. The number of hydrogen-bond donors (Lipinski definition) is 0. The van der Waals surface area contributed by atoms with Gasteiger partial charge in [0.05, 0.1) is 5.52 Å². The summed E-state index contributed by atoms with van der Waals surface area (Å²) in [5.74, 6) is 0. The van der Waals surface area contributed by atoms with E-state index in [1.807, 2.05) is 12.4 Å². The highest BCUT2D eigenvalue weighted by atomic mass is 15.2. The predicted molar refractivity (Wildman–Crippen MR) is 118 cm³/mol. The van der Waals surface area contributed by atoms with Crippen LogP contribution < -0.4 is 0 Å². The molecule has 4 aromatic rings. The van der Waals surface area contributed by atoms with Crippen molar-refractivity contribution in [2.75, 3.05) is 7.05 Å². The molecule has 0 amide bonds. The van der Waals surface area contributed by atoms with E-state index in [2.05, 4.69) is 83.0 Å². The number of pyridine rings is 1. The van der Waals surface area contributed by atoms with E-state index in [0.717, 1.165) is 6.42 Å². The Labute approximate surface area is 171 Å². The van der Waals surface area contributed by atoms with Gasteiger partial charge in [0.15, 0.2) is 0 Å². The average Bonchev–Trinajstić information content (AvgIpc) is 3.18. The van der Waals surface area contributed by atoms with Crippen LogP contribution in [0.5, 0.6) is 0 Å². The molecule has 0 N–H and O–H groups in total. The van der Waals surface area contributed by atoms with Crippen LogP contribution in [0.1, 0.15) is 35.7 Å². The molecule has 2 bridgehead atoms. The Morgan fingerprint density at radius 3 is 2.66 bits per heavy atom. The van der Waals surface area contributed by atoms with Crippen LogP contribution in [-0.2, 0) is 6.42 Å². The molecule has 2 unspecified atom stereocenters. The van der Waals surface area contributed by atoms with Crippen molar-refractivity contribution in [3.8, 4) is 16.8 Å². The lowest BCUT2D eigenvalue weighted by molar-refractivity contribution is 0.223. The van der Waals surface area contributed by atoms with Crippen molar-refractivity contribution in [2.45, 2.75) is 38.3 Å². The summed E-state index contributed by atoms with van der Waals surface area (Å²) in [5.41, 5.74) is 9.47. The highest BCUT2D eigenvalue weighted by molar-refractivity contribution is 5.89. The van der Waals surface area contributed by atoms with Crippen molar-refractivity contribution in [1.29, 1.82) is 0 Å². The van der Waals surface area contributed by atoms with Crippen molar-refractivity contribution in [2.24, 2.45) is 0 Å². The van der Waals surface area contributed by atoms with E-state index >= 15 is 0 Å². The Morgan fingerprint density at radius 1 is 0.931 bits per heavy atom. The maximum Gasteiger partial charge on any atom is 0.0535 e. The van der Waals surface area contributed by atoms with Gasteiger partial charge >= 0.3 is 0 Å². The molecule has 2 atom stereocenters. The quantitative estimate of drug-likeness (QED) is 0.446. The highest BCUT2D eigenvalue weighted by Crippen LogP contribution is 2.47. The van der Waals surface area contributed by atoms with E-state index in [4.69, 9.17) is 0 Å². The van der Waals surface area contributed by atoms with Gasteiger partial charge in [0, 0.05) is 47.7 Å². The zero-order chi connectivity index (χ0) is 19.5. The highest BCUT2D eigenvalue weighted by Gasteiger charge is 2.40. The van der Waals surface area contributed by atoms with Crippen molar-refractivity contribution in [1.82, 2.24) is 14.5 Å². The fourth-order valence-electron chi connectivity index (χ4n) is 5.55. The van der Waals surface area contributed by atoms with E-state index in [1.165, 1.54) is 51.8 Å². The van der Waals surface area contributed by atoms with Crippen molar-refractivity contribution in [3.05, 3.63) is 83.8 Å². The molecular weight excluding hydrogens is 354 g/mol. The maximum absolute atomic E-state index is 4.17. The molecule has 29 heavy (non-hydrogen) atoms. The average molecular weight is 380 g/mol. The van der Waals surface area contributed by atoms with Gasteiger partial charge in [0.2, 0.25) is 0 Å². The number of rotatable bonds is 2. The van der Waals surface area contributed by atoms with E-state index in [1.54, 1.807) is 5.56 Å². The summed E-state index contributed by atoms with van der Waals surface area (Å²) in [4.78, 5) is 6.78. The van der Waals surface area contributed by atoms with Crippen LogP contribution in [-0.4, -0.2) is 27.5 Å². The van der Waals surface area contributed by atoms with Crippen LogP contribution in [0.25, 0.3) is 27.7 Å². The molecule has 1 fully saturated rings. The molecule has 2 aliphatic rings. The van der Waals surface area contributed by atoms with Gasteiger partial charge in [-0.05, 0) is 79.9 Å². The molecule has 0 spiro atoms. The minimum Gasteiger partial charge on any atom is -0.313 e. The Bertz CT molecular complexity index is 1220. The lowest BCUT2D eigenvalue weighted by Crippen LogP contribution is -2.34. The molecule has 0 aliphatic carbocycles. The first-order chi connectivity index (χ1) is 14.2. The zero-order valence-electron chi connectivity index (χ0n) is 17.0. The van der Waals surface area contributed by atoms with Crippen LogP contribution >= 0.6 is 0 Å².